The average molecular weight is 366 g/mol. The quantitative estimate of drug-likeness (QED) is 0.764. The van der Waals surface area contributed by atoms with Crippen molar-refractivity contribution in [2.24, 2.45) is 5.92 Å². The zero-order valence-corrected chi connectivity index (χ0v) is 13.9. The molecule has 0 heterocycles. The number of benzene rings is 1. The number of alkyl halides is 3. The van der Waals surface area contributed by atoms with Gasteiger partial charge >= 0.3 is 12.3 Å². The van der Waals surface area contributed by atoms with Crippen LogP contribution in [-0.4, -0.2) is 23.0 Å². The first-order valence-electron chi connectivity index (χ1n) is 7.69. The molecule has 0 spiro atoms. The maximum absolute atomic E-state index is 12.3. The summed E-state index contributed by atoms with van der Waals surface area (Å²) in [5, 5.41) is 12.3. The van der Waals surface area contributed by atoms with E-state index in [9.17, 15) is 23.1 Å². The van der Waals surface area contributed by atoms with Crippen molar-refractivity contribution in [2.45, 2.75) is 50.9 Å². The number of carbonyl (C=O) groups is 1. The monoisotopic (exact) mass is 365 g/mol. The highest BCUT2D eigenvalue weighted by molar-refractivity contribution is 6.32. The van der Waals surface area contributed by atoms with E-state index in [2.05, 4.69) is 10.1 Å². The second-order valence-corrected chi connectivity index (χ2v) is 6.57. The number of rotatable bonds is 5. The van der Waals surface area contributed by atoms with E-state index in [-0.39, 0.29) is 10.9 Å². The summed E-state index contributed by atoms with van der Waals surface area (Å²) >= 11 is 5.82. The van der Waals surface area contributed by atoms with E-state index in [0.717, 1.165) is 38.2 Å². The average Bonchev–Trinajstić information content (AvgIpc) is 2.49. The molecule has 0 aliphatic heterocycles. The summed E-state index contributed by atoms with van der Waals surface area (Å²) in [6, 6.07) is 3.64. The number of nitrogens with one attached hydrogen (secondary N) is 1. The molecule has 4 nitrogen and oxygen atoms in total. The summed E-state index contributed by atoms with van der Waals surface area (Å²) in [5.41, 5.74) is -0.874. The van der Waals surface area contributed by atoms with Crippen molar-refractivity contribution in [1.82, 2.24) is 0 Å². The molecule has 1 unspecified atom stereocenters. The topological polar surface area (TPSA) is 58.6 Å². The molecule has 1 aliphatic carbocycles. The summed E-state index contributed by atoms with van der Waals surface area (Å²) in [7, 11) is 0. The minimum absolute atomic E-state index is 0.0615. The summed E-state index contributed by atoms with van der Waals surface area (Å²) in [5.74, 6) is -1.58. The SMILES string of the molecule is CC(Nc1ccc(OC(F)(F)F)c(Cl)c1)(C(=O)O)C1CCCCC1. The lowest BCUT2D eigenvalue weighted by atomic mass is 9.75. The predicted octanol–water partition coefficient (Wildman–Crippen LogP) is 5.07. The maximum Gasteiger partial charge on any atom is 0.573 e. The first kappa shape index (κ1) is 18.7. The van der Waals surface area contributed by atoms with Gasteiger partial charge in [0, 0.05) is 5.69 Å². The smallest absolute Gasteiger partial charge is 0.480 e. The van der Waals surface area contributed by atoms with Crippen molar-refractivity contribution in [3.05, 3.63) is 23.2 Å². The molecule has 1 aromatic carbocycles. The van der Waals surface area contributed by atoms with Gasteiger partial charge in [-0.25, -0.2) is 4.79 Å². The van der Waals surface area contributed by atoms with Gasteiger partial charge in [0.2, 0.25) is 0 Å². The zero-order valence-electron chi connectivity index (χ0n) is 13.1. The van der Waals surface area contributed by atoms with Gasteiger partial charge in [-0.15, -0.1) is 13.2 Å². The molecule has 1 aliphatic rings. The fourth-order valence-electron chi connectivity index (χ4n) is 3.10. The molecule has 1 aromatic rings. The standard InChI is InChI=1S/C16H19ClF3NO3/c1-15(14(22)23,10-5-3-2-4-6-10)21-11-7-8-13(12(17)9-11)24-16(18,19)20/h7-10,21H,2-6H2,1H3,(H,22,23). The van der Waals surface area contributed by atoms with Crippen LogP contribution in [-0.2, 0) is 4.79 Å². The van der Waals surface area contributed by atoms with E-state index < -0.39 is 23.6 Å². The van der Waals surface area contributed by atoms with Crippen molar-refractivity contribution in [3.63, 3.8) is 0 Å². The minimum atomic E-state index is -4.84. The number of ether oxygens (including phenoxy) is 1. The van der Waals surface area contributed by atoms with Gasteiger partial charge in [0.05, 0.1) is 5.02 Å². The molecule has 134 valence electrons. The summed E-state index contributed by atoms with van der Waals surface area (Å²) < 4.78 is 40.6. The van der Waals surface area contributed by atoms with Crippen molar-refractivity contribution < 1.29 is 27.8 Å². The van der Waals surface area contributed by atoms with Crippen LogP contribution in [0.3, 0.4) is 0 Å². The fraction of sp³-hybridized carbons (Fsp3) is 0.562. The largest absolute Gasteiger partial charge is 0.573 e. The van der Waals surface area contributed by atoms with Crippen LogP contribution in [0.4, 0.5) is 18.9 Å². The number of carboxylic acids is 1. The second-order valence-electron chi connectivity index (χ2n) is 6.16. The van der Waals surface area contributed by atoms with E-state index in [1.165, 1.54) is 12.1 Å². The molecular formula is C16H19ClF3NO3. The van der Waals surface area contributed by atoms with Crippen molar-refractivity contribution >= 4 is 23.3 Å². The van der Waals surface area contributed by atoms with Crippen LogP contribution in [0.25, 0.3) is 0 Å². The van der Waals surface area contributed by atoms with Crippen LogP contribution in [0.15, 0.2) is 18.2 Å². The Balaban J connectivity index is 2.20. The predicted molar refractivity (Wildman–Crippen MR) is 84.4 cm³/mol. The molecule has 2 rings (SSSR count). The number of hydrogen-bond donors (Lipinski definition) is 2. The van der Waals surface area contributed by atoms with Gasteiger partial charge in [-0.1, -0.05) is 30.9 Å². The highest BCUT2D eigenvalue weighted by Gasteiger charge is 2.42. The Kier molecular flexibility index (Phi) is 5.52. The van der Waals surface area contributed by atoms with Gasteiger partial charge in [0.1, 0.15) is 11.3 Å². The highest BCUT2D eigenvalue weighted by Crippen LogP contribution is 2.37. The molecule has 1 fully saturated rings. The third kappa shape index (κ3) is 4.47. The molecular weight excluding hydrogens is 347 g/mol. The zero-order chi connectivity index (χ0) is 18.0. The van der Waals surface area contributed by atoms with Crippen molar-refractivity contribution in [2.75, 3.05) is 5.32 Å². The summed E-state index contributed by atoms with van der Waals surface area (Å²) in [6.07, 6.45) is -0.238. The second kappa shape index (κ2) is 7.09. The first-order chi connectivity index (χ1) is 11.1. The molecule has 2 N–H and O–H groups in total. The van der Waals surface area contributed by atoms with E-state index in [1.54, 1.807) is 6.92 Å². The van der Waals surface area contributed by atoms with E-state index in [0.29, 0.717) is 5.69 Å². The molecule has 0 aromatic heterocycles. The normalized spacial score (nSPS) is 18.7. The molecule has 1 atom stereocenters. The Morgan fingerprint density at radius 2 is 1.92 bits per heavy atom. The van der Waals surface area contributed by atoms with E-state index in [1.807, 2.05) is 0 Å². The Morgan fingerprint density at radius 3 is 2.42 bits per heavy atom. The van der Waals surface area contributed by atoms with Gasteiger partial charge < -0.3 is 15.2 Å². The molecule has 1 saturated carbocycles. The molecule has 0 amide bonds. The number of carboxylic acid groups (broad SMARTS) is 1. The van der Waals surface area contributed by atoms with Gasteiger partial charge in [0.25, 0.3) is 0 Å². The van der Waals surface area contributed by atoms with Gasteiger partial charge in [-0.05, 0) is 43.9 Å². The van der Waals surface area contributed by atoms with E-state index >= 15 is 0 Å². The maximum atomic E-state index is 12.3. The van der Waals surface area contributed by atoms with Crippen LogP contribution in [0, 0.1) is 5.92 Å². The summed E-state index contributed by atoms with van der Waals surface area (Å²) in [6.45, 7) is 1.60. The van der Waals surface area contributed by atoms with Gasteiger partial charge in [0.15, 0.2) is 0 Å². The Morgan fingerprint density at radius 1 is 1.29 bits per heavy atom. The van der Waals surface area contributed by atoms with Crippen LogP contribution in [0.2, 0.25) is 5.02 Å². The van der Waals surface area contributed by atoms with Crippen molar-refractivity contribution in [3.8, 4) is 5.75 Å². The van der Waals surface area contributed by atoms with Crippen LogP contribution < -0.4 is 10.1 Å². The third-order valence-corrected chi connectivity index (χ3v) is 4.72. The molecule has 0 radical (unpaired) electrons. The minimum Gasteiger partial charge on any atom is -0.480 e. The first-order valence-corrected chi connectivity index (χ1v) is 8.06. The number of anilines is 1. The highest BCUT2D eigenvalue weighted by atomic mass is 35.5. The lowest BCUT2D eigenvalue weighted by Crippen LogP contribution is -2.50. The number of halogens is 4. The number of hydrogen-bond acceptors (Lipinski definition) is 3. The van der Waals surface area contributed by atoms with Gasteiger partial charge in [-0.3, -0.25) is 0 Å². The lowest BCUT2D eigenvalue weighted by molar-refractivity contribution is -0.274. The Labute approximate surface area is 142 Å². The molecule has 24 heavy (non-hydrogen) atoms. The fourth-order valence-corrected chi connectivity index (χ4v) is 3.32. The van der Waals surface area contributed by atoms with Gasteiger partial charge in [-0.2, -0.15) is 0 Å². The Bertz CT molecular complexity index is 603. The van der Waals surface area contributed by atoms with Crippen LogP contribution >= 0.6 is 11.6 Å². The van der Waals surface area contributed by atoms with Crippen LogP contribution in [0.1, 0.15) is 39.0 Å². The van der Waals surface area contributed by atoms with Crippen molar-refractivity contribution in [1.29, 1.82) is 0 Å². The van der Waals surface area contributed by atoms with Crippen LogP contribution in [0.5, 0.6) is 5.75 Å². The molecule has 0 bridgehead atoms. The summed E-state index contributed by atoms with van der Waals surface area (Å²) in [4.78, 5) is 11.8. The van der Waals surface area contributed by atoms with E-state index in [4.69, 9.17) is 11.6 Å². The molecule has 0 saturated heterocycles. The molecule has 8 heteroatoms. The number of aliphatic carboxylic acids is 1. The Hall–Kier alpha value is -1.63. The lowest BCUT2D eigenvalue weighted by Gasteiger charge is -2.38. The third-order valence-electron chi connectivity index (χ3n) is 4.43.